The molecule has 1 N–H and O–H groups in total. The maximum Gasteiger partial charge on any atom is 0.335 e. The standard InChI is InChI=1S/C15H12ClN3O4S2/c16-11-5-3-10(4-6-11)9-25(21,22)15-19-18-13(23-15)8-17-14(20)12-2-1-7-24-12/h1-7H,8-9H2,(H,17,20). The first-order chi connectivity index (χ1) is 11.9. The maximum atomic E-state index is 12.3. The first-order valence-corrected chi connectivity index (χ1v) is 9.96. The van der Waals surface area contributed by atoms with Crippen LogP contribution in [0.2, 0.25) is 5.02 Å². The molecule has 10 heteroatoms. The van der Waals surface area contributed by atoms with E-state index in [2.05, 4.69) is 15.5 Å². The van der Waals surface area contributed by atoms with E-state index in [-0.39, 0.29) is 24.1 Å². The van der Waals surface area contributed by atoms with Crippen LogP contribution >= 0.6 is 22.9 Å². The molecule has 0 radical (unpaired) electrons. The number of rotatable bonds is 6. The van der Waals surface area contributed by atoms with Crippen molar-refractivity contribution in [1.29, 1.82) is 0 Å². The van der Waals surface area contributed by atoms with Gasteiger partial charge >= 0.3 is 5.22 Å². The van der Waals surface area contributed by atoms with Gasteiger partial charge in [-0.15, -0.1) is 16.4 Å². The third-order valence-electron chi connectivity index (χ3n) is 3.13. The predicted octanol–water partition coefficient (Wildman–Crippen LogP) is 2.69. The van der Waals surface area contributed by atoms with Crippen molar-refractivity contribution in [2.75, 3.05) is 0 Å². The molecule has 0 saturated heterocycles. The van der Waals surface area contributed by atoms with Gasteiger partial charge in [0.15, 0.2) is 0 Å². The van der Waals surface area contributed by atoms with Crippen molar-refractivity contribution >= 4 is 38.7 Å². The molecule has 1 amide bonds. The summed E-state index contributed by atoms with van der Waals surface area (Å²) in [5.74, 6) is -0.564. The molecule has 0 aliphatic heterocycles. The van der Waals surface area contributed by atoms with Crippen molar-refractivity contribution in [3.8, 4) is 0 Å². The molecular formula is C15H12ClN3O4S2. The SMILES string of the molecule is O=C(NCc1nnc(S(=O)(=O)Cc2ccc(Cl)cc2)o1)c1cccs1. The normalized spacial score (nSPS) is 11.4. The highest BCUT2D eigenvalue weighted by Crippen LogP contribution is 2.17. The Morgan fingerprint density at radius 1 is 1.20 bits per heavy atom. The second-order valence-electron chi connectivity index (χ2n) is 5.01. The molecule has 0 unspecified atom stereocenters. The predicted molar refractivity (Wildman–Crippen MR) is 92.1 cm³/mol. The molecule has 0 aliphatic carbocycles. The molecule has 0 spiro atoms. The molecule has 0 fully saturated rings. The lowest BCUT2D eigenvalue weighted by molar-refractivity contribution is 0.0951. The van der Waals surface area contributed by atoms with E-state index in [9.17, 15) is 13.2 Å². The summed E-state index contributed by atoms with van der Waals surface area (Å²) in [7, 11) is -3.78. The number of thiophene rings is 1. The third kappa shape index (κ3) is 4.44. The number of carbonyl (C=O) groups excluding carboxylic acids is 1. The third-order valence-corrected chi connectivity index (χ3v) is 5.66. The van der Waals surface area contributed by atoms with E-state index in [4.69, 9.17) is 16.0 Å². The van der Waals surface area contributed by atoms with Crippen LogP contribution in [0.5, 0.6) is 0 Å². The average Bonchev–Trinajstić information content (AvgIpc) is 3.26. The lowest BCUT2D eigenvalue weighted by Crippen LogP contribution is -2.21. The molecule has 2 heterocycles. The van der Waals surface area contributed by atoms with Crippen LogP contribution in [0.3, 0.4) is 0 Å². The number of nitrogens with one attached hydrogen (secondary N) is 1. The van der Waals surface area contributed by atoms with Gasteiger partial charge in [-0.25, -0.2) is 8.42 Å². The highest BCUT2D eigenvalue weighted by atomic mass is 35.5. The Hall–Kier alpha value is -2.23. The Morgan fingerprint density at radius 2 is 1.96 bits per heavy atom. The molecule has 3 rings (SSSR count). The number of hydrogen-bond acceptors (Lipinski definition) is 7. The van der Waals surface area contributed by atoms with Crippen molar-refractivity contribution in [1.82, 2.24) is 15.5 Å². The topological polar surface area (TPSA) is 102 Å². The number of aromatic nitrogens is 2. The fourth-order valence-electron chi connectivity index (χ4n) is 1.95. The Balaban J connectivity index is 1.65. The molecule has 1 aromatic carbocycles. The minimum Gasteiger partial charge on any atom is -0.411 e. The number of halogens is 1. The van der Waals surface area contributed by atoms with Gasteiger partial charge in [0, 0.05) is 5.02 Å². The summed E-state index contributed by atoms with van der Waals surface area (Å²) in [4.78, 5) is 12.4. The lowest BCUT2D eigenvalue weighted by Gasteiger charge is -2.01. The second kappa shape index (κ2) is 7.34. The zero-order valence-corrected chi connectivity index (χ0v) is 15.1. The van der Waals surface area contributed by atoms with Crippen LogP contribution in [-0.2, 0) is 22.1 Å². The number of carbonyl (C=O) groups is 1. The van der Waals surface area contributed by atoms with Crippen molar-refractivity contribution in [2.24, 2.45) is 0 Å². The summed E-state index contributed by atoms with van der Waals surface area (Å²) >= 11 is 7.07. The fraction of sp³-hybridized carbons (Fsp3) is 0.133. The van der Waals surface area contributed by atoms with E-state index in [1.165, 1.54) is 11.3 Å². The highest BCUT2D eigenvalue weighted by Gasteiger charge is 2.23. The van der Waals surface area contributed by atoms with E-state index in [0.29, 0.717) is 15.5 Å². The van der Waals surface area contributed by atoms with E-state index in [1.807, 2.05) is 0 Å². The summed E-state index contributed by atoms with van der Waals surface area (Å²) in [6, 6.07) is 9.86. The van der Waals surface area contributed by atoms with Crippen LogP contribution in [-0.4, -0.2) is 24.5 Å². The van der Waals surface area contributed by atoms with E-state index in [1.54, 1.807) is 41.8 Å². The van der Waals surface area contributed by atoms with Crippen molar-refractivity contribution < 1.29 is 17.6 Å². The molecule has 0 atom stereocenters. The molecule has 0 saturated carbocycles. The van der Waals surface area contributed by atoms with Gasteiger partial charge in [-0.2, -0.15) is 0 Å². The van der Waals surface area contributed by atoms with E-state index >= 15 is 0 Å². The Morgan fingerprint density at radius 3 is 2.64 bits per heavy atom. The second-order valence-corrected chi connectivity index (χ2v) is 8.26. The fourth-order valence-corrected chi connectivity index (χ4v) is 3.86. The molecule has 3 aromatic rings. The highest BCUT2D eigenvalue weighted by molar-refractivity contribution is 7.90. The van der Waals surface area contributed by atoms with Crippen molar-refractivity contribution in [2.45, 2.75) is 17.5 Å². The van der Waals surface area contributed by atoms with Crippen molar-refractivity contribution in [3.63, 3.8) is 0 Å². The van der Waals surface area contributed by atoms with E-state index < -0.39 is 15.1 Å². The number of amides is 1. The largest absolute Gasteiger partial charge is 0.411 e. The van der Waals surface area contributed by atoms with Gasteiger partial charge in [0.25, 0.3) is 5.91 Å². The minimum atomic E-state index is -3.78. The molecule has 7 nitrogen and oxygen atoms in total. The van der Waals surface area contributed by atoms with Crippen LogP contribution in [0.4, 0.5) is 0 Å². The van der Waals surface area contributed by atoms with Crippen LogP contribution in [0.15, 0.2) is 51.4 Å². The lowest BCUT2D eigenvalue weighted by atomic mass is 10.2. The molecule has 25 heavy (non-hydrogen) atoms. The van der Waals surface area contributed by atoms with Crippen LogP contribution in [0.1, 0.15) is 21.1 Å². The van der Waals surface area contributed by atoms with Crippen LogP contribution in [0.25, 0.3) is 0 Å². The van der Waals surface area contributed by atoms with Gasteiger partial charge in [0.2, 0.25) is 15.7 Å². The smallest absolute Gasteiger partial charge is 0.335 e. The number of sulfone groups is 1. The number of nitrogens with zero attached hydrogens (tertiary/aromatic N) is 2. The monoisotopic (exact) mass is 397 g/mol. The first kappa shape index (κ1) is 17.6. The van der Waals surface area contributed by atoms with Crippen LogP contribution in [0, 0.1) is 0 Å². The molecule has 2 aromatic heterocycles. The van der Waals surface area contributed by atoms with Gasteiger partial charge in [-0.3, -0.25) is 4.79 Å². The summed E-state index contributed by atoms with van der Waals surface area (Å²) in [6.07, 6.45) is 0. The van der Waals surface area contributed by atoms with E-state index in [0.717, 1.165) is 0 Å². The van der Waals surface area contributed by atoms with Gasteiger partial charge in [-0.1, -0.05) is 34.9 Å². The van der Waals surface area contributed by atoms with Crippen molar-refractivity contribution in [3.05, 3.63) is 63.1 Å². The molecular weight excluding hydrogens is 386 g/mol. The zero-order chi connectivity index (χ0) is 17.9. The quantitative estimate of drug-likeness (QED) is 0.686. The Labute approximate surface area is 152 Å². The first-order valence-electron chi connectivity index (χ1n) is 7.05. The Bertz CT molecular complexity index is 967. The van der Waals surface area contributed by atoms with Gasteiger partial charge in [0.1, 0.15) is 0 Å². The molecule has 0 aliphatic rings. The molecule has 130 valence electrons. The maximum absolute atomic E-state index is 12.3. The summed E-state index contributed by atoms with van der Waals surface area (Å²) < 4.78 is 29.8. The van der Waals surface area contributed by atoms with Crippen LogP contribution < -0.4 is 5.32 Å². The summed E-state index contributed by atoms with van der Waals surface area (Å²) in [5.41, 5.74) is 0.551. The average molecular weight is 398 g/mol. The number of benzene rings is 1. The summed E-state index contributed by atoms with van der Waals surface area (Å²) in [5, 5.41) is 11.6. The Kier molecular flexibility index (Phi) is 5.16. The van der Waals surface area contributed by atoms with Gasteiger partial charge < -0.3 is 9.73 Å². The molecule has 0 bridgehead atoms. The minimum absolute atomic E-state index is 0.0135. The zero-order valence-electron chi connectivity index (χ0n) is 12.7. The van der Waals surface area contributed by atoms with Gasteiger partial charge in [0.05, 0.1) is 17.2 Å². The number of hydrogen-bond donors (Lipinski definition) is 1. The van der Waals surface area contributed by atoms with Gasteiger partial charge in [-0.05, 0) is 29.1 Å². The summed E-state index contributed by atoms with van der Waals surface area (Å²) in [6.45, 7) is -0.0554.